The SMILES string of the molecule is CC#CCCCCCCCCCOC(=O)CCCCC(=O)OCCCCCCCCCC#CC. The summed E-state index contributed by atoms with van der Waals surface area (Å²) in [5.41, 5.74) is 0. The molecule has 194 valence electrons. The molecule has 0 saturated heterocycles. The van der Waals surface area contributed by atoms with Gasteiger partial charge in [0.15, 0.2) is 0 Å². The van der Waals surface area contributed by atoms with Gasteiger partial charge in [0, 0.05) is 25.7 Å². The van der Waals surface area contributed by atoms with Crippen LogP contribution in [0.1, 0.15) is 142 Å². The van der Waals surface area contributed by atoms with Crippen molar-refractivity contribution in [1.82, 2.24) is 0 Å². The van der Waals surface area contributed by atoms with Crippen molar-refractivity contribution in [3.8, 4) is 23.7 Å². The second kappa shape index (κ2) is 27.3. The number of carbonyl (C=O) groups is 2. The molecule has 0 aromatic carbocycles. The van der Waals surface area contributed by atoms with Gasteiger partial charge in [-0.25, -0.2) is 0 Å². The number of hydrogen-bond donors (Lipinski definition) is 0. The molecule has 0 unspecified atom stereocenters. The average molecular weight is 475 g/mol. The van der Waals surface area contributed by atoms with E-state index < -0.39 is 0 Å². The Bertz CT molecular complexity index is 549. The normalized spacial score (nSPS) is 10.1. The first-order chi connectivity index (χ1) is 16.7. The lowest BCUT2D eigenvalue weighted by Crippen LogP contribution is -2.08. The Morgan fingerprint density at radius 2 is 0.794 bits per heavy atom. The van der Waals surface area contributed by atoms with Crippen molar-refractivity contribution in [1.29, 1.82) is 0 Å². The Morgan fingerprint density at radius 1 is 0.471 bits per heavy atom. The van der Waals surface area contributed by atoms with E-state index in [2.05, 4.69) is 23.7 Å². The summed E-state index contributed by atoms with van der Waals surface area (Å²) in [6.45, 7) is 4.81. The summed E-state index contributed by atoms with van der Waals surface area (Å²) < 4.78 is 10.6. The third-order valence-electron chi connectivity index (χ3n) is 5.78. The van der Waals surface area contributed by atoms with E-state index in [-0.39, 0.29) is 11.9 Å². The Labute approximate surface area is 210 Å². The topological polar surface area (TPSA) is 52.6 Å². The first kappa shape index (κ1) is 32.1. The van der Waals surface area contributed by atoms with Crippen LogP contribution in [0.2, 0.25) is 0 Å². The van der Waals surface area contributed by atoms with Crippen LogP contribution in [0, 0.1) is 23.7 Å². The number of unbranched alkanes of at least 4 members (excludes halogenated alkanes) is 15. The van der Waals surface area contributed by atoms with Crippen molar-refractivity contribution < 1.29 is 19.1 Å². The lowest BCUT2D eigenvalue weighted by Gasteiger charge is -2.06. The van der Waals surface area contributed by atoms with E-state index in [4.69, 9.17) is 9.47 Å². The fourth-order valence-corrected chi connectivity index (χ4v) is 3.70. The van der Waals surface area contributed by atoms with Gasteiger partial charge in [0.2, 0.25) is 0 Å². The maximum absolute atomic E-state index is 11.8. The number of rotatable bonds is 23. The Balaban J connectivity index is 3.32. The van der Waals surface area contributed by atoms with Gasteiger partial charge in [0.05, 0.1) is 13.2 Å². The molecule has 0 heterocycles. The van der Waals surface area contributed by atoms with Crippen LogP contribution >= 0.6 is 0 Å². The van der Waals surface area contributed by atoms with Crippen LogP contribution in [0.3, 0.4) is 0 Å². The molecule has 0 aliphatic carbocycles. The van der Waals surface area contributed by atoms with E-state index in [0.29, 0.717) is 38.9 Å². The largest absolute Gasteiger partial charge is 0.466 e. The molecule has 0 spiro atoms. The average Bonchev–Trinajstić information content (AvgIpc) is 2.83. The van der Waals surface area contributed by atoms with Crippen molar-refractivity contribution in [3.05, 3.63) is 0 Å². The molecule has 0 amide bonds. The number of carbonyl (C=O) groups excluding carboxylic acids is 2. The van der Waals surface area contributed by atoms with Crippen LogP contribution in [0.4, 0.5) is 0 Å². The quantitative estimate of drug-likeness (QED) is 0.0857. The van der Waals surface area contributed by atoms with E-state index in [9.17, 15) is 9.59 Å². The summed E-state index contributed by atoms with van der Waals surface area (Å²) >= 11 is 0. The van der Waals surface area contributed by atoms with Gasteiger partial charge in [-0.3, -0.25) is 9.59 Å². The zero-order valence-electron chi connectivity index (χ0n) is 22.2. The molecule has 0 atom stereocenters. The van der Waals surface area contributed by atoms with Crippen LogP contribution in [0.25, 0.3) is 0 Å². The molecular weight excluding hydrogens is 424 g/mol. The zero-order chi connectivity index (χ0) is 25.0. The minimum absolute atomic E-state index is 0.149. The lowest BCUT2D eigenvalue weighted by atomic mass is 10.1. The van der Waals surface area contributed by atoms with E-state index in [1.807, 2.05) is 13.8 Å². The maximum Gasteiger partial charge on any atom is 0.305 e. The third kappa shape index (κ3) is 26.3. The molecule has 0 N–H and O–H groups in total. The first-order valence-corrected chi connectivity index (χ1v) is 13.8. The van der Waals surface area contributed by atoms with Crippen LogP contribution in [0.5, 0.6) is 0 Å². The summed E-state index contributed by atoms with van der Waals surface area (Å²) in [4.78, 5) is 23.6. The van der Waals surface area contributed by atoms with Gasteiger partial charge in [-0.1, -0.05) is 64.2 Å². The molecular formula is C30H50O4. The molecule has 0 saturated carbocycles. The fourth-order valence-electron chi connectivity index (χ4n) is 3.70. The van der Waals surface area contributed by atoms with Gasteiger partial charge >= 0.3 is 11.9 Å². The predicted molar refractivity (Wildman–Crippen MR) is 141 cm³/mol. The minimum atomic E-state index is -0.149. The van der Waals surface area contributed by atoms with Gasteiger partial charge in [0.1, 0.15) is 0 Å². The molecule has 0 aromatic rings. The van der Waals surface area contributed by atoms with Crippen molar-refractivity contribution in [2.24, 2.45) is 0 Å². The Morgan fingerprint density at radius 3 is 1.15 bits per heavy atom. The van der Waals surface area contributed by atoms with Gasteiger partial charge < -0.3 is 9.47 Å². The summed E-state index contributed by atoms with van der Waals surface area (Å²) in [5, 5.41) is 0. The second-order valence-electron chi connectivity index (χ2n) is 8.95. The van der Waals surface area contributed by atoms with Crippen molar-refractivity contribution in [2.75, 3.05) is 13.2 Å². The molecule has 0 bridgehead atoms. The number of ether oxygens (including phenoxy) is 2. The van der Waals surface area contributed by atoms with Gasteiger partial charge in [-0.2, -0.15) is 0 Å². The highest BCUT2D eigenvalue weighted by Crippen LogP contribution is 2.10. The highest BCUT2D eigenvalue weighted by molar-refractivity contribution is 5.70. The van der Waals surface area contributed by atoms with Crippen molar-refractivity contribution in [3.63, 3.8) is 0 Å². The summed E-state index contributed by atoms with van der Waals surface area (Å²) in [6.07, 6.45) is 20.6. The number of hydrogen-bond acceptors (Lipinski definition) is 4. The van der Waals surface area contributed by atoms with Gasteiger partial charge in [-0.05, 0) is 52.4 Å². The predicted octanol–water partition coefficient (Wildman–Crippen LogP) is 7.92. The highest BCUT2D eigenvalue weighted by atomic mass is 16.5. The second-order valence-corrected chi connectivity index (χ2v) is 8.95. The van der Waals surface area contributed by atoms with Gasteiger partial charge in [0.25, 0.3) is 0 Å². The van der Waals surface area contributed by atoms with Crippen LogP contribution in [0.15, 0.2) is 0 Å². The smallest absolute Gasteiger partial charge is 0.305 e. The summed E-state index contributed by atoms with van der Waals surface area (Å²) in [6, 6.07) is 0. The van der Waals surface area contributed by atoms with E-state index >= 15 is 0 Å². The van der Waals surface area contributed by atoms with Crippen molar-refractivity contribution >= 4 is 11.9 Å². The van der Waals surface area contributed by atoms with E-state index in [0.717, 1.165) is 38.5 Å². The first-order valence-electron chi connectivity index (χ1n) is 13.8. The lowest BCUT2D eigenvalue weighted by molar-refractivity contribution is -0.146. The minimum Gasteiger partial charge on any atom is -0.466 e. The fraction of sp³-hybridized carbons (Fsp3) is 0.800. The Hall–Kier alpha value is -1.94. The molecule has 0 radical (unpaired) electrons. The van der Waals surface area contributed by atoms with Gasteiger partial charge in [-0.15, -0.1) is 23.7 Å². The number of esters is 2. The molecule has 4 nitrogen and oxygen atoms in total. The van der Waals surface area contributed by atoms with Crippen LogP contribution in [-0.2, 0) is 19.1 Å². The molecule has 34 heavy (non-hydrogen) atoms. The molecule has 4 heteroatoms. The van der Waals surface area contributed by atoms with E-state index in [1.165, 1.54) is 64.2 Å². The summed E-state index contributed by atoms with van der Waals surface area (Å²) in [7, 11) is 0. The molecule has 0 aliphatic heterocycles. The van der Waals surface area contributed by atoms with Crippen LogP contribution < -0.4 is 0 Å². The summed E-state index contributed by atoms with van der Waals surface area (Å²) in [5.74, 6) is 11.8. The van der Waals surface area contributed by atoms with E-state index in [1.54, 1.807) is 0 Å². The molecule has 0 fully saturated rings. The van der Waals surface area contributed by atoms with Crippen molar-refractivity contribution in [2.45, 2.75) is 142 Å². The molecule has 0 rings (SSSR count). The third-order valence-corrected chi connectivity index (χ3v) is 5.78. The maximum atomic E-state index is 11.8. The monoisotopic (exact) mass is 474 g/mol. The molecule has 0 aromatic heterocycles. The zero-order valence-corrected chi connectivity index (χ0v) is 22.2. The Kier molecular flexibility index (Phi) is 25.7. The highest BCUT2D eigenvalue weighted by Gasteiger charge is 2.06. The van der Waals surface area contributed by atoms with Crippen LogP contribution in [-0.4, -0.2) is 25.2 Å². The molecule has 0 aliphatic rings. The standard InChI is InChI=1S/C30H50O4/c1-3-5-7-9-11-13-15-17-19-23-27-33-29(31)25-21-22-26-30(32)34-28-24-20-18-16-14-12-10-8-6-4-2/h7-28H2,1-2H3.